The summed E-state index contributed by atoms with van der Waals surface area (Å²) in [4.78, 5) is 132. The first-order chi connectivity index (χ1) is 40.2. The quantitative estimate of drug-likeness (QED) is 0.0599. The second-order valence-electron chi connectivity index (χ2n) is 24.5. The van der Waals surface area contributed by atoms with Gasteiger partial charge in [0, 0.05) is 99.5 Å². The predicted octanol–water partition coefficient (Wildman–Crippen LogP) is 2.95. The lowest BCUT2D eigenvalue weighted by Gasteiger charge is -2.46. The minimum atomic E-state index is -1.13. The number of aliphatic carboxylic acids is 1. The normalized spacial score (nSPS) is 29.8. The molecule has 30 heteroatoms. The second kappa shape index (κ2) is 25.8. The zero-order valence-corrected chi connectivity index (χ0v) is 52.2. The zero-order valence-electron chi connectivity index (χ0n) is 49.8. The molecule has 0 spiro atoms. The number of nitrogens with one attached hydrogen (secondary N) is 2. The van der Waals surface area contributed by atoms with Crippen molar-refractivity contribution < 1.29 is 96.8 Å². The molecular formula is C56H75N7O20S3. The molecule has 0 radical (unpaired) electrons. The van der Waals surface area contributed by atoms with Gasteiger partial charge in [-0.2, -0.15) is 0 Å². The number of aliphatic hydroxyl groups is 3. The number of hydrogen-bond donors (Lipinski definition) is 6. The fourth-order valence-corrected chi connectivity index (χ4v) is 16.4. The third-order valence-electron chi connectivity index (χ3n) is 15.8. The molecule has 0 saturated carbocycles. The third kappa shape index (κ3) is 13.5. The van der Waals surface area contributed by atoms with E-state index < -0.39 is 91.1 Å². The molecule has 0 bridgehead atoms. The van der Waals surface area contributed by atoms with Crippen molar-refractivity contribution in [3.63, 3.8) is 0 Å². The summed E-state index contributed by atoms with van der Waals surface area (Å²) in [5.74, 6) is -5.06. The van der Waals surface area contributed by atoms with Crippen LogP contribution in [-0.4, -0.2) is 194 Å². The van der Waals surface area contributed by atoms with Crippen molar-refractivity contribution in [3.05, 3.63) is 50.0 Å². The molecule has 15 atom stereocenters. The smallest absolute Gasteiger partial charge is 0.477 e. The van der Waals surface area contributed by atoms with Crippen LogP contribution in [0.5, 0.6) is 0 Å². The van der Waals surface area contributed by atoms with Crippen molar-refractivity contribution in [3.8, 4) is 0 Å². The zero-order chi connectivity index (χ0) is 63.3. The maximum atomic E-state index is 13.0. The van der Waals surface area contributed by atoms with E-state index in [2.05, 4.69) is 20.2 Å². The van der Waals surface area contributed by atoms with Crippen LogP contribution in [0.15, 0.2) is 44.2 Å². The van der Waals surface area contributed by atoms with Gasteiger partial charge in [-0.1, -0.05) is 20.8 Å². The van der Waals surface area contributed by atoms with Crippen molar-refractivity contribution >= 4 is 95.0 Å². The van der Waals surface area contributed by atoms with Gasteiger partial charge < -0.3 is 78.7 Å². The van der Waals surface area contributed by atoms with Gasteiger partial charge >= 0.3 is 30.2 Å². The van der Waals surface area contributed by atoms with E-state index in [0.717, 1.165) is 23.7 Å². The number of β-lactam (4-membered cyclic amide) rings is 3. The molecule has 27 nitrogen and oxygen atoms in total. The Bertz CT molecular complexity index is 3000. The van der Waals surface area contributed by atoms with Crippen LogP contribution >= 0.6 is 35.3 Å². The summed E-state index contributed by atoms with van der Waals surface area (Å²) in [6.07, 6.45) is 0.678. The van der Waals surface area contributed by atoms with E-state index in [1.54, 1.807) is 80.3 Å². The van der Waals surface area contributed by atoms with Gasteiger partial charge in [0.15, 0.2) is 0 Å². The number of thioether (sulfide) groups is 3. The molecule has 6 N–H and O–H groups in total. The summed E-state index contributed by atoms with van der Waals surface area (Å²) < 4.78 is 32.0. The van der Waals surface area contributed by atoms with E-state index in [0.29, 0.717) is 35.7 Å². The van der Waals surface area contributed by atoms with E-state index in [1.165, 1.54) is 38.2 Å². The minimum Gasteiger partial charge on any atom is -0.477 e. The molecule has 9 aliphatic heterocycles. The maximum absolute atomic E-state index is 13.0. The Hall–Kier alpha value is -6.34. The number of amides is 5. The second-order valence-corrected chi connectivity index (χ2v) is 28.5. The molecule has 1 aromatic rings. The topological polar surface area (TPSA) is 359 Å². The first-order valence-electron chi connectivity index (χ1n) is 28.3. The highest BCUT2D eigenvalue weighted by Crippen LogP contribution is 2.55. The molecule has 0 aliphatic carbocycles. The lowest BCUT2D eigenvalue weighted by molar-refractivity contribution is -0.167. The Morgan fingerprint density at radius 1 is 0.581 bits per heavy atom. The highest BCUT2D eigenvalue weighted by Gasteiger charge is 2.63. The van der Waals surface area contributed by atoms with E-state index in [9.17, 15) is 68.4 Å². The van der Waals surface area contributed by atoms with Gasteiger partial charge in [0.05, 0.1) is 54.2 Å². The molecule has 1 aromatic heterocycles. The van der Waals surface area contributed by atoms with Crippen molar-refractivity contribution in [2.75, 3.05) is 26.7 Å². The molecule has 10 heterocycles. The largest absolute Gasteiger partial charge is 0.511 e. The number of ether oxygens (including phenoxy) is 6. The van der Waals surface area contributed by atoms with Crippen LogP contribution in [0, 0.1) is 35.5 Å². The number of hydrogen-bond acceptors (Lipinski definition) is 23. The Labute approximate surface area is 509 Å². The van der Waals surface area contributed by atoms with Crippen LogP contribution in [0.4, 0.5) is 9.59 Å². The average molecular weight is 1260 g/mol. The molecule has 86 heavy (non-hydrogen) atoms. The van der Waals surface area contributed by atoms with Crippen molar-refractivity contribution in [1.29, 1.82) is 0 Å². The molecule has 0 aromatic carbocycles. The van der Waals surface area contributed by atoms with Crippen LogP contribution < -0.4 is 10.6 Å². The average Bonchev–Trinajstić information content (AvgIpc) is 1.56. The van der Waals surface area contributed by atoms with E-state index in [4.69, 9.17) is 28.4 Å². The van der Waals surface area contributed by atoms with Gasteiger partial charge in [0.25, 0.3) is 0 Å². The van der Waals surface area contributed by atoms with E-state index >= 15 is 0 Å². The maximum Gasteiger partial charge on any atom is 0.511 e. The number of aliphatic hydroxyl groups excluding tert-OH is 3. The number of carboxylic acid groups (broad SMARTS) is 1. The molecule has 0 unspecified atom stereocenters. The highest BCUT2D eigenvalue weighted by molar-refractivity contribution is 8.04. The number of imidazole rings is 1. The number of rotatable bonds is 16. The van der Waals surface area contributed by atoms with E-state index in [-0.39, 0.29) is 98.3 Å². The fraction of sp³-hybridized carbons (Fsp3) is 0.661. The van der Waals surface area contributed by atoms with Crippen LogP contribution in [0.25, 0.3) is 0 Å². The van der Waals surface area contributed by atoms with Gasteiger partial charge in [0.1, 0.15) is 34.1 Å². The molecule has 5 saturated heterocycles. The monoisotopic (exact) mass is 1260 g/mol. The Morgan fingerprint density at radius 2 is 0.942 bits per heavy atom. The summed E-state index contributed by atoms with van der Waals surface area (Å²) in [6, 6.07) is -0.978. The summed E-state index contributed by atoms with van der Waals surface area (Å²) in [6.45, 7) is 20.9. The van der Waals surface area contributed by atoms with Gasteiger partial charge in [-0.3, -0.25) is 24.0 Å². The minimum absolute atomic E-state index is 0.0156. The number of carbonyl (C=O) groups is 10. The predicted molar refractivity (Wildman–Crippen MR) is 305 cm³/mol. The molecular weight excluding hydrogens is 1190 g/mol. The van der Waals surface area contributed by atoms with Crippen LogP contribution in [0.2, 0.25) is 0 Å². The third-order valence-corrected chi connectivity index (χ3v) is 20.2. The van der Waals surface area contributed by atoms with Crippen LogP contribution in [-0.2, 0) is 79.7 Å². The van der Waals surface area contributed by atoms with Gasteiger partial charge in [0.2, 0.25) is 43.1 Å². The molecule has 9 aliphatic rings. The van der Waals surface area contributed by atoms with Crippen molar-refractivity contribution in [2.45, 2.75) is 172 Å². The lowest BCUT2D eigenvalue weighted by atomic mass is 9.79. The first kappa shape index (κ1) is 65.6. The SMILES string of the molecule is C[C@@H](O)[C@H]1C(=O)N2C(C(=O)O)=C(S[C@@H]3CNC(=O)C3)[C@H](C)[C@H]12.C[C@@H](O)[C@H]1C(=O)N2C(C(=O)OCOC(=O)OC(C)(C)C)=C(S[C@@H]3CNC(=O)C3)[C@H](C)[C@H]12.C[C@@H](O)[C@H]1C(=O)N2C(C(=O)OCOC(=O)OC(C)(C)C)=C(S[C@@H]3Cc4nccn4C3)[C@H](C)[C@H]12. The summed E-state index contributed by atoms with van der Waals surface area (Å²) >= 11 is 4.27. The number of nitrogens with zero attached hydrogens (tertiary/aromatic N) is 5. The van der Waals surface area contributed by atoms with Crippen LogP contribution in [0.1, 0.15) is 102 Å². The fourth-order valence-electron chi connectivity index (χ4n) is 12.1. The Kier molecular flexibility index (Phi) is 19.7. The Morgan fingerprint density at radius 3 is 1.27 bits per heavy atom. The number of esters is 2. The molecule has 5 amide bonds. The summed E-state index contributed by atoms with van der Waals surface area (Å²) in [5.41, 5.74) is -1.23. The Balaban J connectivity index is 0.000000171. The number of carboxylic acids is 1. The lowest BCUT2D eigenvalue weighted by Crippen LogP contribution is -2.63. The molecule has 5 fully saturated rings. The molecule has 472 valence electrons. The number of aromatic nitrogens is 2. The summed E-state index contributed by atoms with van der Waals surface area (Å²) in [7, 11) is 0. The first-order valence-corrected chi connectivity index (χ1v) is 30.9. The summed E-state index contributed by atoms with van der Waals surface area (Å²) in [5, 5.41) is 44.9. The van der Waals surface area contributed by atoms with Gasteiger partial charge in [-0.25, -0.2) is 29.0 Å². The van der Waals surface area contributed by atoms with E-state index in [1.807, 2.05) is 27.0 Å². The number of carbonyl (C=O) groups excluding carboxylic acids is 9. The molecule has 10 rings (SSSR count). The standard InChI is InChI=1S/C22H29N3O7S.C20H28N2O8S.C14H18N2O5S/c1-11-16-15(12(2)26)19(27)25(16)17(20(28)30-10-31-21(29)32-22(3,4)5)18(11)33-13-8-14-23-6-7-24(14)9-13;1-9-14-13(10(2)23)17(25)22(14)15(16(9)31-11-6-12(24)21-7-11)18(26)28-8-29-19(27)30-20(3,4)5;1-5-10-9(6(2)17)13(19)16(10)11(14(20)21)12(5)22-7-3-8(18)15-4-7/h6-7,11-13,15-16,26H,8-10H2,1-5H3;9-11,13-14,23H,6-8H2,1-5H3,(H,21,24);5-7,9-10,17H,3-4H2,1-2H3,(H,15,18)(H,20,21)/t11-,12-,13-,15-,16-;9-,10-,11+,13-,14-;5-,6-,7+,9-,10-/m111/s1. The van der Waals surface area contributed by atoms with Crippen LogP contribution in [0.3, 0.4) is 0 Å². The van der Waals surface area contributed by atoms with Gasteiger partial charge in [-0.15, -0.1) is 35.3 Å². The highest BCUT2D eigenvalue weighted by atomic mass is 32.2. The van der Waals surface area contributed by atoms with Gasteiger partial charge in [-0.05, 0) is 62.3 Å². The van der Waals surface area contributed by atoms with Crippen molar-refractivity contribution in [2.24, 2.45) is 35.5 Å². The number of fused-ring (bicyclic) bond motifs is 4. The van der Waals surface area contributed by atoms with Crippen molar-refractivity contribution in [1.82, 2.24) is 34.9 Å².